The van der Waals surface area contributed by atoms with Gasteiger partial charge < -0.3 is 10.6 Å². The summed E-state index contributed by atoms with van der Waals surface area (Å²) < 4.78 is 1.86. The van der Waals surface area contributed by atoms with Crippen molar-refractivity contribution in [1.29, 1.82) is 0 Å². The topological polar surface area (TPSA) is 77.0 Å². The van der Waals surface area contributed by atoms with Crippen LogP contribution in [0.25, 0.3) is 0 Å². The normalized spacial score (nSPS) is 25.2. The third-order valence-corrected chi connectivity index (χ3v) is 4.42. The molecule has 20 heavy (non-hydrogen) atoms. The Bertz CT molecular complexity index is 444. The highest BCUT2D eigenvalue weighted by Crippen LogP contribution is 2.31. The van der Waals surface area contributed by atoms with Crippen LogP contribution in [0.15, 0.2) is 12.7 Å². The Morgan fingerprint density at radius 3 is 2.70 bits per heavy atom. The number of aromatic nitrogens is 3. The van der Waals surface area contributed by atoms with Crippen molar-refractivity contribution in [2.45, 2.75) is 50.1 Å². The summed E-state index contributed by atoms with van der Waals surface area (Å²) in [7, 11) is 0. The summed E-state index contributed by atoms with van der Waals surface area (Å²) in [5.74, 6) is 0.134. The summed E-state index contributed by atoms with van der Waals surface area (Å²) in [6.45, 7) is 1.53. The van der Waals surface area contributed by atoms with Crippen molar-refractivity contribution in [3.63, 3.8) is 0 Å². The van der Waals surface area contributed by atoms with Gasteiger partial charge in [0.25, 0.3) is 0 Å². The second kappa shape index (κ2) is 6.10. The molecule has 0 spiro atoms. The first-order chi connectivity index (χ1) is 9.19. The molecule has 2 fully saturated rings. The number of nitrogens with two attached hydrogens (primary N) is 1. The number of amides is 1. The van der Waals surface area contributed by atoms with Crippen LogP contribution in [0.3, 0.4) is 0 Å². The molecule has 2 N–H and O–H groups in total. The van der Waals surface area contributed by atoms with Crippen molar-refractivity contribution in [3.8, 4) is 0 Å². The minimum atomic E-state index is -0.607. The Balaban J connectivity index is 0.00000147. The van der Waals surface area contributed by atoms with E-state index in [0.717, 1.165) is 45.1 Å². The molecule has 2 aliphatic rings. The van der Waals surface area contributed by atoms with E-state index in [1.807, 2.05) is 9.58 Å². The number of piperidine rings is 1. The predicted molar refractivity (Wildman–Crippen MR) is 77.5 cm³/mol. The van der Waals surface area contributed by atoms with Crippen molar-refractivity contribution >= 4 is 18.3 Å². The number of likely N-dealkylation sites (tertiary alicyclic amines) is 1. The van der Waals surface area contributed by atoms with Gasteiger partial charge in [0.1, 0.15) is 12.7 Å². The maximum absolute atomic E-state index is 12.6. The first kappa shape index (κ1) is 15.3. The van der Waals surface area contributed by atoms with Crippen LogP contribution in [0, 0.1) is 0 Å². The maximum atomic E-state index is 12.6. The van der Waals surface area contributed by atoms with Gasteiger partial charge >= 0.3 is 0 Å². The van der Waals surface area contributed by atoms with Crippen LogP contribution < -0.4 is 5.73 Å². The molecule has 1 aromatic rings. The molecule has 1 saturated heterocycles. The smallest absolute Gasteiger partial charge is 0.242 e. The van der Waals surface area contributed by atoms with Crippen molar-refractivity contribution in [2.24, 2.45) is 5.73 Å². The van der Waals surface area contributed by atoms with E-state index >= 15 is 0 Å². The molecular formula is C13H22ClN5O. The third kappa shape index (κ3) is 2.81. The quantitative estimate of drug-likeness (QED) is 0.888. The summed E-state index contributed by atoms with van der Waals surface area (Å²) in [4.78, 5) is 18.5. The van der Waals surface area contributed by atoms with Gasteiger partial charge in [-0.25, -0.2) is 9.67 Å². The zero-order valence-electron chi connectivity index (χ0n) is 11.6. The molecule has 1 amide bonds. The van der Waals surface area contributed by atoms with Crippen molar-refractivity contribution in [2.75, 3.05) is 13.1 Å². The third-order valence-electron chi connectivity index (χ3n) is 4.42. The Labute approximate surface area is 125 Å². The van der Waals surface area contributed by atoms with Gasteiger partial charge in [-0.05, 0) is 25.7 Å². The van der Waals surface area contributed by atoms with Crippen LogP contribution in [-0.2, 0) is 4.79 Å². The fourth-order valence-electron chi connectivity index (χ4n) is 3.30. The molecule has 1 atom stereocenters. The highest BCUT2D eigenvalue weighted by Gasteiger charge is 2.41. The van der Waals surface area contributed by atoms with Gasteiger partial charge in [0.2, 0.25) is 5.91 Å². The Hall–Kier alpha value is -1.14. The minimum Gasteiger partial charge on any atom is -0.339 e. The highest BCUT2D eigenvalue weighted by atomic mass is 35.5. The average molecular weight is 300 g/mol. The SMILES string of the molecule is Cl.NC1(C(=O)N2CCCC(n3cncn3)C2)CCCC1. The lowest BCUT2D eigenvalue weighted by molar-refractivity contribution is -0.138. The van der Waals surface area contributed by atoms with Crippen LogP contribution >= 0.6 is 12.4 Å². The number of hydrogen-bond acceptors (Lipinski definition) is 4. The number of carbonyl (C=O) groups excluding carboxylic acids is 1. The van der Waals surface area contributed by atoms with E-state index in [1.54, 1.807) is 12.7 Å². The van der Waals surface area contributed by atoms with Crippen LogP contribution in [0.4, 0.5) is 0 Å². The van der Waals surface area contributed by atoms with Gasteiger partial charge in [-0.15, -0.1) is 12.4 Å². The molecule has 6 nitrogen and oxygen atoms in total. The second-order valence-corrected chi connectivity index (χ2v) is 5.79. The number of nitrogens with zero attached hydrogens (tertiary/aromatic N) is 4. The van der Waals surface area contributed by atoms with E-state index in [0.29, 0.717) is 6.54 Å². The molecule has 1 aliphatic heterocycles. The molecular weight excluding hydrogens is 278 g/mol. The lowest BCUT2D eigenvalue weighted by atomic mass is 9.95. The predicted octanol–water partition coefficient (Wildman–Crippen LogP) is 1.13. The zero-order chi connectivity index (χ0) is 13.3. The van der Waals surface area contributed by atoms with Gasteiger partial charge in [0, 0.05) is 13.1 Å². The molecule has 2 heterocycles. The van der Waals surface area contributed by atoms with Crippen molar-refractivity contribution in [3.05, 3.63) is 12.7 Å². The highest BCUT2D eigenvalue weighted by molar-refractivity contribution is 5.86. The van der Waals surface area contributed by atoms with E-state index in [2.05, 4.69) is 10.1 Å². The van der Waals surface area contributed by atoms with Gasteiger partial charge in [0.15, 0.2) is 0 Å². The van der Waals surface area contributed by atoms with E-state index in [4.69, 9.17) is 5.73 Å². The van der Waals surface area contributed by atoms with Crippen LogP contribution in [0.2, 0.25) is 0 Å². The Morgan fingerprint density at radius 1 is 1.30 bits per heavy atom. The fraction of sp³-hybridized carbons (Fsp3) is 0.769. The van der Waals surface area contributed by atoms with E-state index in [-0.39, 0.29) is 24.4 Å². The van der Waals surface area contributed by atoms with Crippen LogP contribution in [0.5, 0.6) is 0 Å². The lowest BCUT2D eigenvalue weighted by Gasteiger charge is -2.37. The van der Waals surface area contributed by atoms with Gasteiger partial charge in [-0.2, -0.15) is 5.10 Å². The summed E-state index contributed by atoms with van der Waals surface area (Å²) in [6, 6.07) is 0.241. The number of hydrogen-bond donors (Lipinski definition) is 1. The summed E-state index contributed by atoms with van der Waals surface area (Å²) in [6.07, 6.45) is 9.13. The minimum absolute atomic E-state index is 0. The van der Waals surface area contributed by atoms with Crippen molar-refractivity contribution in [1.82, 2.24) is 19.7 Å². The van der Waals surface area contributed by atoms with E-state index in [9.17, 15) is 4.79 Å². The average Bonchev–Trinajstić information content (AvgIpc) is 3.10. The monoisotopic (exact) mass is 299 g/mol. The molecule has 1 saturated carbocycles. The van der Waals surface area contributed by atoms with Gasteiger partial charge in [0.05, 0.1) is 11.6 Å². The summed E-state index contributed by atoms with van der Waals surface area (Å²) in [5.41, 5.74) is 5.66. The Morgan fingerprint density at radius 2 is 2.05 bits per heavy atom. The van der Waals surface area contributed by atoms with Crippen LogP contribution in [-0.4, -0.2) is 44.2 Å². The molecule has 7 heteroatoms. The fourth-order valence-corrected chi connectivity index (χ4v) is 3.30. The number of halogens is 1. The first-order valence-electron chi connectivity index (χ1n) is 7.11. The molecule has 1 aromatic heterocycles. The summed E-state index contributed by atoms with van der Waals surface area (Å²) >= 11 is 0. The molecule has 0 bridgehead atoms. The summed E-state index contributed by atoms with van der Waals surface area (Å²) in [5, 5.41) is 4.18. The zero-order valence-corrected chi connectivity index (χ0v) is 12.4. The molecule has 0 aromatic carbocycles. The molecule has 1 unspecified atom stereocenters. The Kier molecular flexibility index (Phi) is 4.65. The molecule has 3 rings (SSSR count). The number of rotatable bonds is 2. The van der Waals surface area contributed by atoms with Gasteiger partial charge in [-0.1, -0.05) is 12.8 Å². The lowest BCUT2D eigenvalue weighted by Crippen LogP contribution is -2.55. The van der Waals surface area contributed by atoms with E-state index < -0.39 is 5.54 Å². The number of carbonyl (C=O) groups is 1. The van der Waals surface area contributed by atoms with Gasteiger partial charge in [-0.3, -0.25) is 4.79 Å². The van der Waals surface area contributed by atoms with Crippen molar-refractivity contribution < 1.29 is 4.79 Å². The van der Waals surface area contributed by atoms with E-state index in [1.165, 1.54) is 0 Å². The van der Waals surface area contributed by atoms with Crippen LogP contribution in [0.1, 0.15) is 44.6 Å². The molecule has 112 valence electrons. The molecule has 0 radical (unpaired) electrons. The molecule has 1 aliphatic carbocycles. The largest absolute Gasteiger partial charge is 0.339 e. The maximum Gasteiger partial charge on any atom is 0.242 e. The first-order valence-corrected chi connectivity index (χ1v) is 7.11. The second-order valence-electron chi connectivity index (χ2n) is 5.79. The standard InChI is InChI=1S/C13H21N5O.ClH/c14-13(5-1-2-6-13)12(19)17-7-3-4-11(8-17)18-10-15-9-16-18;/h9-11H,1-8,14H2;1H.